The summed E-state index contributed by atoms with van der Waals surface area (Å²) in [5, 5.41) is 4.14. The largest absolute Gasteiger partial charge is 0.384 e. The number of carbonyl (C=O) groups is 2. The van der Waals surface area contributed by atoms with Gasteiger partial charge in [0.25, 0.3) is 0 Å². The van der Waals surface area contributed by atoms with E-state index in [0.29, 0.717) is 17.1 Å². The van der Waals surface area contributed by atoms with Crippen molar-refractivity contribution in [2.75, 3.05) is 10.6 Å². The molecule has 0 spiro atoms. The molecule has 0 unspecified atom stereocenters. The molecule has 0 radical (unpaired) electrons. The molecule has 0 saturated carbocycles. The fraction of sp³-hybridized carbons (Fsp3) is 0.267. The van der Waals surface area contributed by atoms with Gasteiger partial charge in [-0.3, -0.25) is 14.3 Å². The monoisotopic (exact) mass is 320 g/mol. The van der Waals surface area contributed by atoms with Crippen molar-refractivity contribution in [3.05, 3.63) is 41.1 Å². The van der Waals surface area contributed by atoms with Crippen LogP contribution in [0.25, 0.3) is 0 Å². The minimum atomic E-state index is -1.12. The van der Waals surface area contributed by atoms with Gasteiger partial charge >= 0.3 is 0 Å². The third-order valence-corrected chi connectivity index (χ3v) is 3.97. The molecule has 2 aromatic rings. The zero-order chi connectivity index (χ0) is 16.9. The first kappa shape index (κ1) is 15.1. The standard InChI is InChI=1S/C15H14F2N4O2/c1-7-13(14(18)20(2)19-7)9-6-12(22)21(15(9)23)8-3-4-10(16)11(17)5-8/h3-5,9H,6,18H2,1-2H3/t9-/m0/s1. The molecular weight excluding hydrogens is 306 g/mol. The fourth-order valence-corrected chi connectivity index (χ4v) is 2.88. The van der Waals surface area contributed by atoms with Crippen molar-refractivity contribution in [1.29, 1.82) is 0 Å². The number of carbonyl (C=O) groups excluding carboxylic acids is 2. The number of amides is 2. The second-order valence-electron chi connectivity index (χ2n) is 5.43. The van der Waals surface area contributed by atoms with Gasteiger partial charge in [0.2, 0.25) is 11.8 Å². The summed E-state index contributed by atoms with van der Waals surface area (Å²) >= 11 is 0. The maximum absolute atomic E-state index is 13.4. The van der Waals surface area contributed by atoms with Crippen LogP contribution in [0.1, 0.15) is 23.6 Å². The quantitative estimate of drug-likeness (QED) is 0.853. The molecule has 2 N–H and O–H groups in total. The Balaban J connectivity index is 2.01. The number of nitrogen functional groups attached to an aromatic ring is 1. The van der Waals surface area contributed by atoms with Crippen LogP contribution in [0.15, 0.2) is 18.2 Å². The highest BCUT2D eigenvalue weighted by atomic mass is 19.2. The molecule has 1 saturated heterocycles. The van der Waals surface area contributed by atoms with E-state index in [9.17, 15) is 18.4 Å². The van der Waals surface area contributed by atoms with Crippen LogP contribution in [-0.2, 0) is 16.6 Å². The zero-order valence-corrected chi connectivity index (χ0v) is 12.5. The lowest BCUT2D eigenvalue weighted by Gasteiger charge is -2.15. The number of halogens is 2. The van der Waals surface area contributed by atoms with Crippen molar-refractivity contribution in [2.24, 2.45) is 7.05 Å². The molecule has 0 bridgehead atoms. The Labute approximate surface area is 130 Å². The van der Waals surface area contributed by atoms with E-state index in [0.717, 1.165) is 17.0 Å². The first-order chi connectivity index (χ1) is 10.8. The first-order valence-corrected chi connectivity index (χ1v) is 6.92. The molecule has 0 aliphatic carbocycles. The van der Waals surface area contributed by atoms with Gasteiger partial charge in [-0.2, -0.15) is 5.10 Å². The second-order valence-corrected chi connectivity index (χ2v) is 5.43. The van der Waals surface area contributed by atoms with Gasteiger partial charge in [0, 0.05) is 25.1 Å². The number of benzene rings is 1. The highest BCUT2D eigenvalue weighted by Gasteiger charge is 2.43. The Hall–Kier alpha value is -2.77. The van der Waals surface area contributed by atoms with Crippen molar-refractivity contribution in [2.45, 2.75) is 19.3 Å². The van der Waals surface area contributed by atoms with Crippen LogP contribution < -0.4 is 10.6 Å². The van der Waals surface area contributed by atoms with Gasteiger partial charge in [0.15, 0.2) is 11.6 Å². The van der Waals surface area contributed by atoms with Gasteiger partial charge < -0.3 is 5.73 Å². The number of imide groups is 1. The summed E-state index contributed by atoms with van der Waals surface area (Å²) in [5.74, 6) is -3.65. The lowest BCUT2D eigenvalue weighted by Crippen LogP contribution is -2.30. The maximum Gasteiger partial charge on any atom is 0.242 e. The smallest absolute Gasteiger partial charge is 0.242 e. The third-order valence-electron chi connectivity index (χ3n) is 3.97. The topological polar surface area (TPSA) is 81.2 Å². The van der Waals surface area contributed by atoms with Crippen LogP contribution in [0.5, 0.6) is 0 Å². The average Bonchev–Trinajstić information content (AvgIpc) is 2.90. The minimum absolute atomic E-state index is 0.00140. The molecule has 1 aliphatic rings. The zero-order valence-electron chi connectivity index (χ0n) is 12.5. The lowest BCUT2D eigenvalue weighted by molar-refractivity contribution is -0.121. The van der Waals surface area contributed by atoms with Crippen LogP contribution in [0.2, 0.25) is 0 Å². The molecule has 8 heteroatoms. The van der Waals surface area contributed by atoms with Crippen LogP contribution in [0.4, 0.5) is 20.3 Å². The summed E-state index contributed by atoms with van der Waals surface area (Å²) in [6.07, 6.45) is -0.0887. The van der Waals surface area contributed by atoms with Crippen molar-refractivity contribution in [1.82, 2.24) is 9.78 Å². The summed E-state index contributed by atoms with van der Waals surface area (Å²) < 4.78 is 27.9. The molecule has 1 aromatic heterocycles. The average molecular weight is 320 g/mol. The molecule has 1 aromatic carbocycles. The Morgan fingerprint density at radius 3 is 2.52 bits per heavy atom. The highest BCUT2D eigenvalue weighted by Crippen LogP contribution is 2.37. The molecule has 1 fully saturated rings. The second kappa shape index (κ2) is 5.15. The fourth-order valence-electron chi connectivity index (χ4n) is 2.88. The van der Waals surface area contributed by atoms with Crippen LogP contribution in [-0.4, -0.2) is 21.6 Å². The van der Waals surface area contributed by atoms with Gasteiger partial charge in [-0.1, -0.05) is 0 Å². The van der Waals surface area contributed by atoms with Gasteiger partial charge in [-0.15, -0.1) is 0 Å². The van der Waals surface area contributed by atoms with E-state index >= 15 is 0 Å². The van der Waals surface area contributed by atoms with Crippen molar-refractivity contribution in [3.63, 3.8) is 0 Å². The van der Waals surface area contributed by atoms with Crippen LogP contribution in [0.3, 0.4) is 0 Å². The summed E-state index contributed by atoms with van der Waals surface area (Å²) in [5.41, 5.74) is 6.98. The lowest BCUT2D eigenvalue weighted by atomic mass is 9.97. The number of nitrogens with two attached hydrogens (primary N) is 1. The summed E-state index contributed by atoms with van der Waals surface area (Å²) in [4.78, 5) is 25.7. The Bertz CT molecular complexity index is 831. The van der Waals surface area contributed by atoms with Gasteiger partial charge in [0.1, 0.15) is 5.82 Å². The van der Waals surface area contributed by atoms with E-state index < -0.39 is 29.4 Å². The Morgan fingerprint density at radius 1 is 1.26 bits per heavy atom. The summed E-state index contributed by atoms with van der Waals surface area (Å²) in [6.45, 7) is 1.70. The number of aromatic nitrogens is 2. The number of aryl methyl sites for hydroxylation is 2. The normalized spacial score (nSPS) is 18.1. The Kier molecular flexibility index (Phi) is 3.39. The SMILES string of the molecule is Cc1nn(C)c(N)c1[C@@H]1CC(=O)N(c2ccc(F)c(F)c2)C1=O. The van der Waals surface area contributed by atoms with E-state index in [1.54, 1.807) is 14.0 Å². The van der Waals surface area contributed by atoms with Crippen LogP contribution in [0, 0.1) is 18.6 Å². The van der Waals surface area contributed by atoms with E-state index in [1.165, 1.54) is 10.7 Å². The number of anilines is 2. The van der Waals surface area contributed by atoms with E-state index in [-0.39, 0.29) is 12.1 Å². The van der Waals surface area contributed by atoms with Crippen molar-refractivity contribution < 1.29 is 18.4 Å². The molecule has 1 atom stereocenters. The molecule has 1 aliphatic heterocycles. The summed E-state index contributed by atoms with van der Waals surface area (Å²) in [7, 11) is 1.64. The molecule has 2 amide bonds. The minimum Gasteiger partial charge on any atom is -0.384 e. The predicted molar refractivity (Wildman–Crippen MR) is 78.6 cm³/mol. The van der Waals surface area contributed by atoms with Gasteiger partial charge in [-0.05, 0) is 19.1 Å². The molecule has 120 valence electrons. The number of rotatable bonds is 2. The number of hydrogen-bond acceptors (Lipinski definition) is 4. The molecule has 23 heavy (non-hydrogen) atoms. The number of hydrogen-bond donors (Lipinski definition) is 1. The molecule has 6 nitrogen and oxygen atoms in total. The van der Waals surface area contributed by atoms with E-state index in [2.05, 4.69) is 5.10 Å². The van der Waals surface area contributed by atoms with Crippen molar-refractivity contribution >= 4 is 23.3 Å². The predicted octanol–water partition coefficient (Wildman–Crippen LogP) is 1.64. The van der Waals surface area contributed by atoms with E-state index in [4.69, 9.17) is 5.73 Å². The first-order valence-electron chi connectivity index (χ1n) is 6.92. The van der Waals surface area contributed by atoms with Gasteiger partial charge in [0.05, 0.1) is 17.3 Å². The number of nitrogens with zero attached hydrogens (tertiary/aromatic N) is 3. The molecule has 3 rings (SSSR count). The van der Waals surface area contributed by atoms with E-state index in [1.807, 2.05) is 0 Å². The third kappa shape index (κ3) is 2.26. The van der Waals surface area contributed by atoms with Gasteiger partial charge in [-0.25, -0.2) is 13.7 Å². The van der Waals surface area contributed by atoms with Crippen molar-refractivity contribution in [3.8, 4) is 0 Å². The summed E-state index contributed by atoms with van der Waals surface area (Å²) in [6, 6.07) is 2.89. The maximum atomic E-state index is 13.4. The molecule has 2 heterocycles. The Morgan fingerprint density at radius 2 is 1.96 bits per heavy atom. The van der Waals surface area contributed by atoms with Crippen LogP contribution >= 0.6 is 0 Å². The molecular formula is C15H14F2N4O2. The highest BCUT2D eigenvalue weighted by molar-refractivity contribution is 6.23.